The summed E-state index contributed by atoms with van der Waals surface area (Å²) in [5.74, 6) is 0.323. The highest BCUT2D eigenvalue weighted by Gasteiger charge is 2.28. The first kappa shape index (κ1) is 20.6. The maximum Gasteiger partial charge on any atom is 0.410 e. The molecule has 1 fully saturated rings. The van der Waals surface area contributed by atoms with E-state index in [-0.39, 0.29) is 23.4 Å². The Kier molecular flexibility index (Phi) is 6.00. The van der Waals surface area contributed by atoms with Gasteiger partial charge in [-0.25, -0.2) is 4.79 Å². The topological polar surface area (TPSA) is 90.2 Å². The molecule has 0 unspecified atom stereocenters. The van der Waals surface area contributed by atoms with E-state index in [2.05, 4.69) is 5.18 Å². The van der Waals surface area contributed by atoms with Gasteiger partial charge >= 0.3 is 6.09 Å². The van der Waals surface area contributed by atoms with Gasteiger partial charge in [0, 0.05) is 44.3 Å². The molecule has 0 N–H and O–H groups in total. The molecule has 154 valence electrons. The van der Waals surface area contributed by atoms with E-state index in [4.69, 9.17) is 9.47 Å². The fraction of sp³-hybridized carbons (Fsp3) is 0.429. The second-order valence-corrected chi connectivity index (χ2v) is 7.94. The standard InChI is InChI=1S/C21H25N3O5/c1-21(2,3)29-20(26)23-12-9-16(10-13-23)28-18-14-15(7-8-17(18)22-27)24-11-5-4-6-19(24)25/h4-8,11,14,16H,9-10,12-13H2,1-3H3. The molecule has 1 amide bonds. The van der Waals surface area contributed by atoms with Crippen molar-refractivity contribution in [3.8, 4) is 11.4 Å². The van der Waals surface area contributed by atoms with Crippen LogP contribution in [0.5, 0.6) is 5.75 Å². The summed E-state index contributed by atoms with van der Waals surface area (Å²) in [5, 5.41) is 3.03. The summed E-state index contributed by atoms with van der Waals surface area (Å²) in [5.41, 5.74) is 0.0395. The normalized spacial score (nSPS) is 15.1. The predicted molar refractivity (Wildman–Crippen MR) is 109 cm³/mol. The van der Waals surface area contributed by atoms with E-state index < -0.39 is 5.60 Å². The van der Waals surface area contributed by atoms with E-state index in [0.717, 1.165) is 0 Å². The molecule has 0 aliphatic carbocycles. The Balaban J connectivity index is 1.70. The molecule has 0 spiro atoms. The lowest BCUT2D eigenvalue weighted by Gasteiger charge is -2.33. The van der Waals surface area contributed by atoms with Gasteiger partial charge in [0.25, 0.3) is 5.56 Å². The average molecular weight is 399 g/mol. The minimum absolute atomic E-state index is 0.170. The van der Waals surface area contributed by atoms with Crippen molar-refractivity contribution in [3.63, 3.8) is 0 Å². The third-order valence-electron chi connectivity index (χ3n) is 4.53. The summed E-state index contributed by atoms with van der Waals surface area (Å²) in [6, 6.07) is 9.69. The number of carbonyl (C=O) groups is 1. The molecule has 1 aliphatic heterocycles. The van der Waals surface area contributed by atoms with E-state index in [0.29, 0.717) is 37.4 Å². The van der Waals surface area contributed by atoms with Crippen LogP contribution in [0.25, 0.3) is 5.69 Å². The smallest absolute Gasteiger partial charge is 0.410 e. The number of ether oxygens (including phenoxy) is 2. The third kappa shape index (κ3) is 5.22. The average Bonchev–Trinajstić information content (AvgIpc) is 2.67. The number of piperidine rings is 1. The zero-order valence-electron chi connectivity index (χ0n) is 16.8. The molecule has 8 nitrogen and oxygen atoms in total. The molecule has 1 aromatic carbocycles. The maximum absolute atomic E-state index is 12.2. The first-order valence-electron chi connectivity index (χ1n) is 9.57. The Morgan fingerprint density at radius 2 is 1.86 bits per heavy atom. The van der Waals surface area contributed by atoms with E-state index in [1.165, 1.54) is 16.7 Å². The fourth-order valence-corrected chi connectivity index (χ4v) is 3.13. The van der Waals surface area contributed by atoms with Crippen molar-refractivity contribution in [1.29, 1.82) is 0 Å². The summed E-state index contributed by atoms with van der Waals surface area (Å²) in [6.45, 7) is 6.50. The van der Waals surface area contributed by atoms with E-state index in [1.54, 1.807) is 35.4 Å². The molecule has 0 radical (unpaired) electrons. The van der Waals surface area contributed by atoms with Crippen LogP contribution in [-0.4, -0.2) is 40.4 Å². The molecule has 8 heteroatoms. The highest BCUT2D eigenvalue weighted by atomic mass is 16.6. The number of rotatable bonds is 4. The van der Waals surface area contributed by atoms with Crippen LogP contribution in [0.15, 0.2) is 52.6 Å². The van der Waals surface area contributed by atoms with Gasteiger partial charge in [0.1, 0.15) is 17.4 Å². The lowest BCUT2D eigenvalue weighted by Crippen LogP contribution is -2.44. The number of likely N-dealkylation sites (tertiary alicyclic amines) is 1. The van der Waals surface area contributed by atoms with Gasteiger partial charge in [0.15, 0.2) is 5.75 Å². The number of nitroso groups, excluding NO2 is 1. The van der Waals surface area contributed by atoms with Gasteiger partial charge in [-0.2, -0.15) is 0 Å². The van der Waals surface area contributed by atoms with Crippen LogP contribution in [0.2, 0.25) is 0 Å². The number of amides is 1. The second-order valence-electron chi connectivity index (χ2n) is 7.94. The molecule has 0 bridgehead atoms. The number of pyridine rings is 1. The Morgan fingerprint density at radius 3 is 2.48 bits per heavy atom. The zero-order valence-corrected chi connectivity index (χ0v) is 16.8. The van der Waals surface area contributed by atoms with Crippen molar-refractivity contribution in [1.82, 2.24) is 9.47 Å². The number of nitrogens with zero attached hydrogens (tertiary/aromatic N) is 3. The molecule has 1 aromatic heterocycles. The Morgan fingerprint density at radius 1 is 1.14 bits per heavy atom. The first-order valence-corrected chi connectivity index (χ1v) is 9.57. The molecule has 1 aliphatic rings. The Hall–Kier alpha value is -3.16. The summed E-state index contributed by atoms with van der Waals surface area (Å²) in [4.78, 5) is 37.1. The van der Waals surface area contributed by atoms with Gasteiger partial charge in [-0.3, -0.25) is 9.36 Å². The lowest BCUT2D eigenvalue weighted by atomic mass is 10.1. The van der Waals surface area contributed by atoms with Crippen LogP contribution < -0.4 is 10.3 Å². The quantitative estimate of drug-likeness (QED) is 0.725. The number of benzene rings is 1. The van der Waals surface area contributed by atoms with E-state index >= 15 is 0 Å². The van der Waals surface area contributed by atoms with Crippen LogP contribution >= 0.6 is 0 Å². The second kappa shape index (κ2) is 8.46. The molecule has 2 aromatic rings. The lowest BCUT2D eigenvalue weighted by molar-refractivity contribution is 0.0127. The third-order valence-corrected chi connectivity index (χ3v) is 4.53. The molecule has 29 heavy (non-hydrogen) atoms. The Labute approximate surface area is 169 Å². The van der Waals surface area contributed by atoms with Gasteiger partial charge in [-0.15, -0.1) is 4.91 Å². The highest BCUT2D eigenvalue weighted by Crippen LogP contribution is 2.32. The van der Waals surface area contributed by atoms with Crippen LogP contribution in [0.1, 0.15) is 33.6 Å². The summed E-state index contributed by atoms with van der Waals surface area (Å²) in [6.07, 6.45) is 2.35. The van der Waals surface area contributed by atoms with Gasteiger partial charge in [-0.1, -0.05) is 6.07 Å². The van der Waals surface area contributed by atoms with Crippen molar-refractivity contribution < 1.29 is 14.3 Å². The van der Waals surface area contributed by atoms with Gasteiger partial charge < -0.3 is 14.4 Å². The molecule has 0 saturated carbocycles. The van der Waals surface area contributed by atoms with Crippen molar-refractivity contribution in [2.45, 2.75) is 45.3 Å². The molecule has 1 saturated heterocycles. The summed E-state index contributed by atoms with van der Waals surface area (Å²) >= 11 is 0. The Bertz CT molecular complexity index is 940. The minimum atomic E-state index is -0.537. The number of aromatic nitrogens is 1. The van der Waals surface area contributed by atoms with Crippen molar-refractivity contribution in [2.24, 2.45) is 5.18 Å². The van der Waals surface area contributed by atoms with Gasteiger partial charge in [0.05, 0.1) is 5.69 Å². The molecular formula is C21H25N3O5. The van der Waals surface area contributed by atoms with Crippen LogP contribution in [0.3, 0.4) is 0 Å². The fourth-order valence-electron chi connectivity index (χ4n) is 3.13. The summed E-state index contributed by atoms with van der Waals surface area (Å²) < 4.78 is 12.9. The maximum atomic E-state index is 12.2. The molecule has 0 atom stereocenters. The number of hydrogen-bond donors (Lipinski definition) is 0. The predicted octanol–water partition coefficient (Wildman–Crippen LogP) is 4.01. The molecular weight excluding hydrogens is 374 g/mol. The number of carbonyl (C=O) groups excluding carboxylic acids is 1. The first-order chi connectivity index (χ1) is 13.8. The zero-order chi connectivity index (χ0) is 21.0. The monoisotopic (exact) mass is 399 g/mol. The van der Waals surface area contributed by atoms with Crippen molar-refractivity contribution >= 4 is 11.8 Å². The largest absolute Gasteiger partial charge is 0.488 e. The SMILES string of the molecule is CC(C)(C)OC(=O)N1CCC(Oc2cc(-n3ccccc3=O)ccc2N=O)CC1. The van der Waals surface area contributed by atoms with Gasteiger partial charge in [0.2, 0.25) is 0 Å². The van der Waals surface area contributed by atoms with Crippen LogP contribution in [0, 0.1) is 4.91 Å². The van der Waals surface area contributed by atoms with Crippen molar-refractivity contribution in [3.05, 3.63) is 57.9 Å². The van der Waals surface area contributed by atoms with Crippen LogP contribution in [0.4, 0.5) is 10.5 Å². The van der Waals surface area contributed by atoms with Gasteiger partial charge in [-0.05, 0) is 44.1 Å². The van der Waals surface area contributed by atoms with E-state index in [9.17, 15) is 14.5 Å². The molecule has 2 heterocycles. The van der Waals surface area contributed by atoms with E-state index in [1.807, 2.05) is 20.8 Å². The summed E-state index contributed by atoms with van der Waals surface area (Å²) in [7, 11) is 0. The molecule has 3 rings (SSSR count). The van der Waals surface area contributed by atoms with Crippen molar-refractivity contribution in [2.75, 3.05) is 13.1 Å². The highest BCUT2D eigenvalue weighted by molar-refractivity contribution is 5.68. The number of hydrogen-bond acceptors (Lipinski definition) is 6. The van der Waals surface area contributed by atoms with Crippen LogP contribution in [-0.2, 0) is 4.74 Å². The minimum Gasteiger partial charge on any atom is -0.488 e.